The number of esters is 1. The van der Waals surface area contributed by atoms with E-state index in [0.717, 1.165) is 0 Å². The number of nitrogens with one attached hydrogen (secondary N) is 2. The summed E-state index contributed by atoms with van der Waals surface area (Å²) < 4.78 is 6.25. The number of rotatable bonds is 6. The first-order valence-electron chi connectivity index (χ1n) is 6.90. The SMILES string of the molecule is Cn1cccc1C(=O)NC(=O)COC(=O)CNC(=O)c1cccs1. The number of thiophene rings is 1. The number of hydrogen-bond donors (Lipinski definition) is 2. The lowest BCUT2D eigenvalue weighted by Gasteiger charge is -2.07. The molecule has 9 heteroatoms. The topological polar surface area (TPSA) is 106 Å². The van der Waals surface area contributed by atoms with Gasteiger partial charge in [0.1, 0.15) is 12.2 Å². The fourth-order valence-electron chi connectivity index (χ4n) is 1.77. The third-order valence-corrected chi connectivity index (χ3v) is 3.80. The summed E-state index contributed by atoms with van der Waals surface area (Å²) in [6.07, 6.45) is 1.66. The lowest BCUT2D eigenvalue weighted by Crippen LogP contribution is -2.36. The molecule has 0 saturated heterocycles. The fourth-order valence-corrected chi connectivity index (χ4v) is 2.41. The number of amides is 3. The van der Waals surface area contributed by atoms with Crippen LogP contribution in [0.3, 0.4) is 0 Å². The quantitative estimate of drug-likeness (QED) is 0.730. The number of ether oxygens (including phenoxy) is 1. The molecule has 24 heavy (non-hydrogen) atoms. The Morgan fingerprint density at radius 2 is 1.96 bits per heavy atom. The van der Waals surface area contributed by atoms with Gasteiger partial charge in [-0.05, 0) is 23.6 Å². The Morgan fingerprint density at radius 3 is 2.58 bits per heavy atom. The highest BCUT2D eigenvalue weighted by molar-refractivity contribution is 7.12. The van der Waals surface area contributed by atoms with E-state index < -0.39 is 30.3 Å². The maximum atomic E-state index is 11.8. The first-order valence-corrected chi connectivity index (χ1v) is 7.78. The lowest BCUT2D eigenvalue weighted by molar-refractivity contribution is -0.147. The average Bonchev–Trinajstić information content (AvgIpc) is 3.21. The van der Waals surface area contributed by atoms with Gasteiger partial charge in [0, 0.05) is 13.2 Å². The minimum absolute atomic E-state index is 0.304. The monoisotopic (exact) mass is 349 g/mol. The number of aryl methyl sites for hydroxylation is 1. The largest absolute Gasteiger partial charge is 0.454 e. The third kappa shape index (κ3) is 4.78. The summed E-state index contributed by atoms with van der Waals surface area (Å²) >= 11 is 1.24. The Kier molecular flexibility index (Phi) is 5.85. The van der Waals surface area contributed by atoms with Crippen LogP contribution in [0.1, 0.15) is 20.2 Å². The van der Waals surface area contributed by atoms with E-state index in [1.807, 2.05) is 0 Å². The molecule has 2 aromatic rings. The normalized spacial score (nSPS) is 10.0. The summed E-state index contributed by atoms with van der Waals surface area (Å²) in [5.41, 5.74) is 0.304. The van der Waals surface area contributed by atoms with Crippen molar-refractivity contribution in [1.82, 2.24) is 15.2 Å². The molecule has 0 atom stereocenters. The predicted molar refractivity (Wildman–Crippen MR) is 85.5 cm³/mol. The van der Waals surface area contributed by atoms with Crippen LogP contribution in [0, 0.1) is 0 Å². The summed E-state index contributed by atoms with van der Waals surface area (Å²) in [6.45, 7) is -0.973. The molecule has 2 N–H and O–H groups in total. The van der Waals surface area contributed by atoms with Gasteiger partial charge >= 0.3 is 5.97 Å². The van der Waals surface area contributed by atoms with Gasteiger partial charge in [0.25, 0.3) is 17.7 Å². The van der Waals surface area contributed by atoms with Gasteiger partial charge in [-0.15, -0.1) is 11.3 Å². The number of aromatic nitrogens is 1. The summed E-state index contributed by atoms with van der Waals surface area (Å²) in [4.78, 5) is 46.9. The Morgan fingerprint density at radius 1 is 1.17 bits per heavy atom. The Hall–Kier alpha value is -2.94. The molecule has 0 unspecified atom stereocenters. The molecule has 0 spiro atoms. The van der Waals surface area contributed by atoms with Gasteiger partial charge in [0.15, 0.2) is 6.61 Å². The lowest BCUT2D eigenvalue weighted by atomic mass is 10.4. The van der Waals surface area contributed by atoms with Crippen LogP contribution in [0.4, 0.5) is 0 Å². The molecule has 0 radical (unpaired) electrons. The van der Waals surface area contributed by atoms with Crippen LogP contribution in [-0.2, 0) is 21.4 Å². The molecular weight excluding hydrogens is 334 g/mol. The van der Waals surface area contributed by atoms with Crippen LogP contribution >= 0.6 is 11.3 Å². The first-order chi connectivity index (χ1) is 11.5. The highest BCUT2D eigenvalue weighted by atomic mass is 32.1. The zero-order valence-electron chi connectivity index (χ0n) is 12.8. The van der Waals surface area contributed by atoms with Gasteiger partial charge < -0.3 is 14.6 Å². The predicted octanol–water partition coefficient (Wildman–Crippen LogP) is 0.316. The number of imide groups is 1. The molecule has 8 nitrogen and oxygen atoms in total. The van der Waals surface area contributed by atoms with E-state index in [1.54, 1.807) is 47.5 Å². The number of nitrogens with zero attached hydrogens (tertiary/aromatic N) is 1. The van der Waals surface area contributed by atoms with Crippen LogP contribution in [0.5, 0.6) is 0 Å². The number of carbonyl (C=O) groups is 4. The van der Waals surface area contributed by atoms with Gasteiger partial charge in [0.05, 0.1) is 4.88 Å². The van der Waals surface area contributed by atoms with E-state index in [-0.39, 0.29) is 6.54 Å². The van der Waals surface area contributed by atoms with Crippen molar-refractivity contribution < 1.29 is 23.9 Å². The maximum Gasteiger partial charge on any atom is 0.325 e. The minimum Gasteiger partial charge on any atom is -0.454 e. The summed E-state index contributed by atoms with van der Waals surface area (Å²) in [5.74, 6) is -2.51. The second-order valence-corrected chi connectivity index (χ2v) is 5.65. The second kappa shape index (κ2) is 8.06. The van der Waals surface area contributed by atoms with Gasteiger partial charge in [-0.25, -0.2) is 0 Å². The van der Waals surface area contributed by atoms with Gasteiger partial charge in [0.2, 0.25) is 0 Å². The molecular formula is C15H15N3O5S. The molecule has 2 rings (SSSR count). The minimum atomic E-state index is -0.777. The van der Waals surface area contributed by atoms with Crippen LogP contribution in [0.2, 0.25) is 0 Å². The fraction of sp³-hybridized carbons (Fsp3) is 0.200. The maximum absolute atomic E-state index is 11.8. The van der Waals surface area contributed by atoms with Crippen LogP contribution in [-0.4, -0.2) is 41.4 Å². The van der Waals surface area contributed by atoms with E-state index in [9.17, 15) is 19.2 Å². The van der Waals surface area contributed by atoms with Crippen molar-refractivity contribution >= 4 is 35.0 Å². The first kappa shape index (κ1) is 17.4. The summed E-state index contributed by atoms with van der Waals surface area (Å²) in [7, 11) is 1.66. The van der Waals surface area contributed by atoms with Crippen molar-refractivity contribution in [2.24, 2.45) is 7.05 Å². The van der Waals surface area contributed by atoms with Crippen LogP contribution < -0.4 is 10.6 Å². The molecule has 0 aliphatic carbocycles. The van der Waals surface area contributed by atoms with E-state index >= 15 is 0 Å². The van der Waals surface area contributed by atoms with E-state index in [0.29, 0.717) is 10.6 Å². The highest BCUT2D eigenvalue weighted by Gasteiger charge is 2.15. The van der Waals surface area contributed by atoms with Crippen molar-refractivity contribution in [1.29, 1.82) is 0 Å². The van der Waals surface area contributed by atoms with Crippen molar-refractivity contribution in [3.63, 3.8) is 0 Å². The number of carbonyl (C=O) groups excluding carboxylic acids is 4. The summed E-state index contributed by atoms with van der Waals surface area (Å²) in [6, 6.07) is 6.55. The molecule has 0 aliphatic heterocycles. The van der Waals surface area contributed by atoms with E-state index in [4.69, 9.17) is 4.74 Å². The highest BCUT2D eigenvalue weighted by Crippen LogP contribution is 2.07. The van der Waals surface area contributed by atoms with E-state index in [2.05, 4.69) is 10.6 Å². The molecule has 0 fully saturated rings. The average molecular weight is 349 g/mol. The van der Waals surface area contributed by atoms with Crippen LogP contribution in [0.25, 0.3) is 0 Å². The standard InChI is InChI=1S/C15H15N3O5S/c1-18-6-2-4-10(18)14(21)17-12(19)9-23-13(20)8-16-15(22)11-5-3-7-24-11/h2-7H,8-9H2,1H3,(H,16,22)(H,17,19,21). The Bertz CT molecular complexity index is 751. The molecule has 2 heterocycles. The zero-order valence-corrected chi connectivity index (χ0v) is 13.6. The molecule has 2 aromatic heterocycles. The van der Waals surface area contributed by atoms with Crippen molar-refractivity contribution in [2.75, 3.05) is 13.2 Å². The van der Waals surface area contributed by atoms with Crippen molar-refractivity contribution in [3.05, 3.63) is 46.4 Å². The molecule has 0 saturated carbocycles. The van der Waals surface area contributed by atoms with Gasteiger partial charge in [-0.3, -0.25) is 24.5 Å². The van der Waals surface area contributed by atoms with Crippen molar-refractivity contribution in [2.45, 2.75) is 0 Å². The zero-order chi connectivity index (χ0) is 17.5. The molecule has 3 amide bonds. The summed E-state index contributed by atoms with van der Waals surface area (Å²) in [5, 5.41) is 6.22. The molecule has 0 aromatic carbocycles. The van der Waals surface area contributed by atoms with Crippen LogP contribution in [0.15, 0.2) is 35.8 Å². The smallest absolute Gasteiger partial charge is 0.325 e. The third-order valence-electron chi connectivity index (χ3n) is 2.93. The van der Waals surface area contributed by atoms with Gasteiger partial charge in [-0.2, -0.15) is 0 Å². The molecule has 0 bridgehead atoms. The second-order valence-electron chi connectivity index (χ2n) is 4.70. The van der Waals surface area contributed by atoms with Gasteiger partial charge in [-0.1, -0.05) is 6.07 Å². The Labute approximate surface area is 141 Å². The Balaban J connectivity index is 1.69. The van der Waals surface area contributed by atoms with Crippen molar-refractivity contribution in [3.8, 4) is 0 Å². The molecule has 126 valence electrons. The van der Waals surface area contributed by atoms with E-state index in [1.165, 1.54) is 11.3 Å². The molecule has 0 aliphatic rings. The number of hydrogen-bond acceptors (Lipinski definition) is 6.